The number of amides is 1. The van der Waals surface area contributed by atoms with Crippen molar-refractivity contribution in [3.63, 3.8) is 0 Å². The van der Waals surface area contributed by atoms with Gasteiger partial charge in [0.15, 0.2) is 0 Å². The van der Waals surface area contributed by atoms with E-state index in [4.69, 9.17) is 23.2 Å². The van der Waals surface area contributed by atoms with Crippen LogP contribution in [-0.2, 0) is 0 Å². The lowest BCUT2D eigenvalue weighted by atomic mass is 10.2. The Bertz CT molecular complexity index is 998. The summed E-state index contributed by atoms with van der Waals surface area (Å²) < 4.78 is 1.71. The molecule has 1 aliphatic heterocycles. The van der Waals surface area contributed by atoms with Crippen LogP contribution in [0.4, 0.5) is 5.69 Å². The van der Waals surface area contributed by atoms with E-state index in [0.717, 1.165) is 50.3 Å². The second-order valence-electron chi connectivity index (χ2n) is 7.13. The van der Waals surface area contributed by atoms with Crippen molar-refractivity contribution in [3.8, 4) is 0 Å². The summed E-state index contributed by atoms with van der Waals surface area (Å²) in [6.07, 6.45) is 4.38. The van der Waals surface area contributed by atoms with Crippen molar-refractivity contribution < 1.29 is 4.79 Å². The smallest absolute Gasteiger partial charge is 0.252 e. The normalized spacial score (nSPS) is 15.0. The van der Waals surface area contributed by atoms with Gasteiger partial charge in [0.1, 0.15) is 0 Å². The number of hydrogen-bond acceptors (Lipinski definition) is 4. The number of nitrogens with zero attached hydrogens (tertiary/aromatic N) is 4. The first-order valence-electron chi connectivity index (χ1n) is 9.75. The van der Waals surface area contributed by atoms with Crippen LogP contribution in [0, 0.1) is 0 Å². The van der Waals surface area contributed by atoms with Crippen LogP contribution in [0.15, 0.2) is 48.8 Å². The van der Waals surface area contributed by atoms with Crippen LogP contribution < -0.4 is 10.2 Å². The van der Waals surface area contributed by atoms with E-state index in [9.17, 15) is 4.79 Å². The summed E-state index contributed by atoms with van der Waals surface area (Å²) in [5.74, 6) is -0.0668. The van der Waals surface area contributed by atoms with Crippen LogP contribution in [0.1, 0.15) is 16.8 Å². The first-order chi connectivity index (χ1) is 14.1. The van der Waals surface area contributed by atoms with Crippen molar-refractivity contribution in [2.24, 2.45) is 0 Å². The lowest BCUT2D eigenvalue weighted by molar-refractivity contribution is 0.0951. The summed E-state index contributed by atoms with van der Waals surface area (Å²) >= 11 is 12.5. The summed E-state index contributed by atoms with van der Waals surface area (Å²) in [7, 11) is 0. The predicted octanol–water partition coefficient (Wildman–Crippen LogP) is 3.58. The zero-order valence-corrected chi connectivity index (χ0v) is 17.5. The van der Waals surface area contributed by atoms with Gasteiger partial charge in [0.25, 0.3) is 5.91 Å². The molecular weight excluding hydrogens is 409 g/mol. The summed E-state index contributed by atoms with van der Waals surface area (Å²) in [6, 6.07) is 11.4. The quantitative estimate of drug-likeness (QED) is 0.605. The second kappa shape index (κ2) is 9.03. The highest BCUT2D eigenvalue weighted by molar-refractivity contribution is 6.43. The van der Waals surface area contributed by atoms with Crippen molar-refractivity contribution in [3.05, 3.63) is 64.4 Å². The van der Waals surface area contributed by atoms with E-state index in [1.807, 2.05) is 36.4 Å². The van der Waals surface area contributed by atoms with Crippen LogP contribution in [0.5, 0.6) is 0 Å². The van der Waals surface area contributed by atoms with Crippen LogP contribution >= 0.6 is 23.2 Å². The number of fused-ring (bicyclic) bond motifs is 1. The van der Waals surface area contributed by atoms with Crippen LogP contribution in [0.2, 0.25) is 10.0 Å². The van der Waals surface area contributed by atoms with Gasteiger partial charge in [-0.15, -0.1) is 0 Å². The average molecular weight is 432 g/mol. The average Bonchev–Trinajstić information content (AvgIpc) is 3.21. The Morgan fingerprint density at radius 3 is 2.72 bits per heavy atom. The van der Waals surface area contributed by atoms with Gasteiger partial charge in [-0.3, -0.25) is 9.69 Å². The molecule has 1 aliphatic rings. The molecule has 1 fully saturated rings. The van der Waals surface area contributed by atoms with Gasteiger partial charge in [0, 0.05) is 45.1 Å². The van der Waals surface area contributed by atoms with Crippen molar-refractivity contribution in [2.75, 3.05) is 44.2 Å². The number of halogens is 2. The Hall–Kier alpha value is -2.28. The number of anilines is 1. The van der Waals surface area contributed by atoms with E-state index in [1.165, 1.54) is 0 Å². The highest BCUT2D eigenvalue weighted by Crippen LogP contribution is 2.32. The standard InChI is InChI=1S/C21H23Cl2N5O/c22-18-3-1-4-19(20(18)23)27-13-11-26(12-14-27)10-2-8-24-21(29)16-5-6-17-7-9-25-28(17)15-16/h1,3-7,9,15H,2,8,10-14H2,(H,24,29). The zero-order valence-electron chi connectivity index (χ0n) is 16.0. The highest BCUT2D eigenvalue weighted by atomic mass is 35.5. The molecule has 8 heteroatoms. The second-order valence-corrected chi connectivity index (χ2v) is 7.91. The molecule has 1 aromatic carbocycles. The molecule has 0 saturated carbocycles. The van der Waals surface area contributed by atoms with Gasteiger partial charge in [-0.1, -0.05) is 29.3 Å². The Morgan fingerprint density at radius 1 is 1.07 bits per heavy atom. The maximum atomic E-state index is 12.3. The lowest BCUT2D eigenvalue weighted by Crippen LogP contribution is -2.47. The lowest BCUT2D eigenvalue weighted by Gasteiger charge is -2.36. The zero-order chi connectivity index (χ0) is 20.2. The Kier molecular flexibility index (Phi) is 6.23. The molecule has 0 aliphatic carbocycles. The van der Waals surface area contributed by atoms with E-state index >= 15 is 0 Å². The van der Waals surface area contributed by atoms with Gasteiger partial charge in [-0.25, -0.2) is 4.52 Å². The van der Waals surface area contributed by atoms with Crippen LogP contribution in [-0.4, -0.2) is 59.7 Å². The van der Waals surface area contributed by atoms with E-state index in [0.29, 0.717) is 22.2 Å². The Balaban J connectivity index is 1.20. The van der Waals surface area contributed by atoms with E-state index < -0.39 is 0 Å². The number of pyridine rings is 1. The monoisotopic (exact) mass is 431 g/mol. The minimum absolute atomic E-state index is 0.0668. The van der Waals surface area contributed by atoms with Crippen molar-refractivity contribution in [1.29, 1.82) is 0 Å². The van der Waals surface area contributed by atoms with Crippen LogP contribution in [0.3, 0.4) is 0 Å². The number of rotatable bonds is 6. The minimum Gasteiger partial charge on any atom is -0.368 e. The van der Waals surface area contributed by atoms with Gasteiger partial charge < -0.3 is 10.2 Å². The maximum Gasteiger partial charge on any atom is 0.252 e. The molecule has 0 spiro atoms. The topological polar surface area (TPSA) is 52.9 Å². The first kappa shape index (κ1) is 20.0. The number of carbonyl (C=O) groups excluding carboxylic acids is 1. The number of aromatic nitrogens is 2. The first-order valence-corrected chi connectivity index (χ1v) is 10.5. The van der Waals surface area contributed by atoms with Gasteiger partial charge >= 0.3 is 0 Å². The van der Waals surface area contributed by atoms with E-state index in [1.54, 1.807) is 16.9 Å². The molecule has 1 amide bonds. The summed E-state index contributed by atoms with van der Waals surface area (Å²) in [4.78, 5) is 17.0. The number of carbonyl (C=O) groups is 1. The molecule has 4 rings (SSSR count). The molecule has 152 valence electrons. The van der Waals surface area contributed by atoms with Crippen LogP contribution in [0.25, 0.3) is 5.52 Å². The fourth-order valence-electron chi connectivity index (χ4n) is 3.60. The molecule has 29 heavy (non-hydrogen) atoms. The molecule has 0 bridgehead atoms. The molecule has 0 atom stereocenters. The highest BCUT2D eigenvalue weighted by Gasteiger charge is 2.19. The number of nitrogens with one attached hydrogen (secondary N) is 1. The summed E-state index contributed by atoms with van der Waals surface area (Å²) in [5, 5.41) is 8.38. The molecule has 3 aromatic rings. The Morgan fingerprint density at radius 2 is 1.90 bits per heavy atom. The molecule has 0 radical (unpaired) electrons. The largest absolute Gasteiger partial charge is 0.368 e. The van der Waals surface area contributed by atoms with E-state index in [-0.39, 0.29) is 5.91 Å². The van der Waals surface area contributed by atoms with Gasteiger partial charge in [0.2, 0.25) is 0 Å². The van der Waals surface area contributed by atoms with Crippen molar-refractivity contribution in [2.45, 2.75) is 6.42 Å². The molecule has 1 saturated heterocycles. The molecule has 2 aromatic heterocycles. The maximum absolute atomic E-state index is 12.3. The third kappa shape index (κ3) is 4.66. The fraction of sp³-hybridized carbons (Fsp3) is 0.333. The number of hydrogen-bond donors (Lipinski definition) is 1. The van der Waals surface area contributed by atoms with Gasteiger partial charge in [-0.2, -0.15) is 5.10 Å². The number of piperazine rings is 1. The molecular formula is C21H23Cl2N5O. The predicted molar refractivity (Wildman–Crippen MR) is 117 cm³/mol. The van der Waals surface area contributed by atoms with Gasteiger partial charge in [0.05, 0.1) is 26.8 Å². The SMILES string of the molecule is O=C(NCCCN1CCN(c2cccc(Cl)c2Cl)CC1)c1ccc2ccnn2c1. The van der Waals surface area contributed by atoms with E-state index in [2.05, 4.69) is 20.2 Å². The number of benzene rings is 1. The summed E-state index contributed by atoms with van der Waals surface area (Å²) in [6.45, 7) is 5.36. The van der Waals surface area contributed by atoms with Crippen molar-refractivity contribution >= 4 is 40.3 Å². The molecule has 0 unspecified atom stereocenters. The third-order valence-corrected chi connectivity index (χ3v) is 6.05. The molecule has 1 N–H and O–H groups in total. The summed E-state index contributed by atoms with van der Waals surface area (Å²) in [5.41, 5.74) is 2.59. The molecule has 6 nitrogen and oxygen atoms in total. The minimum atomic E-state index is -0.0668. The Labute approximate surface area is 180 Å². The molecule has 3 heterocycles. The van der Waals surface area contributed by atoms with Crippen molar-refractivity contribution in [1.82, 2.24) is 19.8 Å². The third-order valence-electron chi connectivity index (χ3n) is 5.24. The fourth-order valence-corrected chi connectivity index (χ4v) is 4.02. The van der Waals surface area contributed by atoms with Gasteiger partial charge in [-0.05, 0) is 43.3 Å².